The number of nitrogens with zero attached hydrogens (tertiary/aromatic N) is 1. The summed E-state index contributed by atoms with van der Waals surface area (Å²) in [6.45, 7) is 10.5. The van der Waals surface area contributed by atoms with Crippen LogP contribution in [-0.2, 0) is 4.79 Å². The molecular weight excluding hydrogens is 336 g/mol. The molecule has 0 aromatic rings. The van der Waals surface area contributed by atoms with Gasteiger partial charge in [0.15, 0.2) is 6.04 Å². The fourth-order valence-electron chi connectivity index (χ4n) is 3.16. The zero-order valence-corrected chi connectivity index (χ0v) is 17.3. The van der Waals surface area contributed by atoms with Gasteiger partial charge in [-0.15, -0.1) is 0 Å². The van der Waals surface area contributed by atoms with E-state index < -0.39 is 11.9 Å². The van der Waals surface area contributed by atoms with Crippen LogP contribution in [0.4, 0.5) is 0 Å². The summed E-state index contributed by atoms with van der Waals surface area (Å²) in [6, 6.07) is -0.882. The Morgan fingerprint density at radius 3 is 2.52 bits per heavy atom. The summed E-state index contributed by atoms with van der Waals surface area (Å²) in [5, 5.41) is 8.99. The lowest BCUT2D eigenvalue weighted by Crippen LogP contribution is -2.29. The van der Waals surface area contributed by atoms with Gasteiger partial charge in [0.05, 0.1) is 6.61 Å². The molecule has 0 fully saturated rings. The van der Waals surface area contributed by atoms with Crippen LogP contribution in [0.15, 0.2) is 63.7 Å². The Morgan fingerprint density at radius 1 is 1.26 bits per heavy atom. The highest BCUT2D eigenvalue weighted by molar-refractivity contribution is 5.83. The molecular formula is C23H34N2O2. The standard InChI is InChI=1S/C23H34N2O2/c1-17(11-12-20-19(3)10-7-14-23(20,4)5)8-6-9-18(2)13-15-25-21(16-26)22(24)27/h6,8-9,11-13,15,21,26H,7,10,14,16H2,1-5H3,(H2,24,27)/b9-6+,12-11+,17-8+,18-13+,25-15+/t21-/m0/s1. The van der Waals surface area contributed by atoms with Crippen LogP contribution in [0.1, 0.15) is 53.9 Å². The maximum Gasteiger partial charge on any atom is 0.244 e. The summed E-state index contributed by atoms with van der Waals surface area (Å²) in [6.07, 6.45) is 17.5. The van der Waals surface area contributed by atoms with E-state index >= 15 is 0 Å². The molecule has 0 aromatic heterocycles. The van der Waals surface area contributed by atoms with Gasteiger partial charge in [0.2, 0.25) is 5.91 Å². The van der Waals surface area contributed by atoms with Crippen molar-refractivity contribution in [3.8, 4) is 0 Å². The predicted molar refractivity (Wildman–Crippen MR) is 115 cm³/mol. The number of allylic oxidation sites excluding steroid dienone is 10. The van der Waals surface area contributed by atoms with Crippen LogP contribution < -0.4 is 5.73 Å². The highest BCUT2D eigenvalue weighted by Gasteiger charge is 2.26. The first-order valence-electron chi connectivity index (χ1n) is 9.51. The van der Waals surface area contributed by atoms with Crippen molar-refractivity contribution in [2.75, 3.05) is 6.61 Å². The van der Waals surface area contributed by atoms with Crippen LogP contribution in [0, 0.1) is 5.41 Å². The fraction of sp³-hybridized carbons (Fsp3) is 0.478. The zero-order valence-electron chi connectivity index (χ0n) is 17.3. The Hall–Kier alpha value is -2.20. The second kappa shape index (κ2) is 10.8. The molecule has 27 heavy (non-hydrogen) atoms. The molecule has 4 heteroatoms. The fourth-order valence-corrected chi connectivity index (χ4v) is 3.16. The molecule has 0 bridgehead atoms. The molecule has 0 aliphatic heterocycles. The van der Waals surface area contributed by atoms with Gasteiger partial charge in [-0.2, -0.15) is 0 Å². The van der Waals surface area contributed by atoms with Crippen LogP contribution in [0.25, 0.3) is 0 Å². The lowest BCUT2D eigenvalue weighted by atomic mass is 9.72. The van der Waals surface area contributed by atoms with Crippen LogP contribution in [0.2, 0.25) is 0 Å². The third-order valence-corrected chi connectivity index (χ3v) is 4.88. The van der Waals surface area contributed by atoms with E-state index in [0.717, 1.165) is 5.57 Å². The first-order chi connectivity index (χ1) is 12.7. The van der Waals surface area contributed by atoms with Gasteiger partial charge in [0.1, 0.15) is 0 Å². The van der Waals surface area contributed by atoms with E-state index in [0.29, 0.717) is 0 Å². The van der Waals surface area contributed by atoms with E-state index in [4.69, 9.17) is 10.8 Å². The Bertz CT molecular complexity index is 704. The number of hydrogen-bond acceptors (Lipinski definition) is 3. The second-order valence-electron chi connectivity index (χ2n) is 7.84. The monoisotopic (exact) mass is 370 g/mol. The summed E-state index contributed by atoms with van der Waals surface area (Å²) in [5.74, 6) is -0.632. The molecule has 1 amide bonds. The number of nitrogens with two attached hydrogens (primary N) is 1. The van der Waals surface area contributed by atoms with E-state index in [1.54, 1.807) is 6.08 Å². The van der Waals surface area contributed by atoms with Gasteiger partial charge in [0.25, 0.3) is 0 Å². The quantitative estimate of drug-likeness (QED) is 0.490. The van der Waals surface area contributed by atoms with Crippen molar-refractivity contribution in [1.82, 2.24) is 0 Å². The smallest absolute Gasteiger partial charge is 0.244 e. The largest absolute Gasteiger partial charge is 0.394 e. The number of rotatable bonds is 8. The van der Waals surface area contributed by atoms with Crippen molar-refractivity contribution in [2.24, 2.45) is 16.1 Å². The summed E-state index contributed by atoms with van der Waals surface area (Å²) in [5.41, 5.74) is 10.5. The van der Waals surface area contributed by atoms with Crippen molar-refractivity contribution in [1.29, 1.82) is 0 Å². The predicted octanol–water partition coefficient (Wildman–Crippen LogP) is 4.44. The number of amides is 1. The number of aliphatic hydroxyl groups is 1. The number of carbonyl (C=O) groups excluding carboxylic acids is 1. The van der Waals surface area contributed by atoms with E-state index in [2.05, 4.69) is 50.9 Å². The van der Waals surface area contributed by atoms with Gasteiger partial charge in [0, 0.05) is 6.21 Å². The van der Waals surface area contributed by atoms with Crippen molar-refractivity contribution < 1.29 is 9.90 Å². The lowest BCUT2D eigenvalue weighted by Gasteiger charge is -2.32. The highest BCUT2D eigenvalue weighted by atomic mass is 16.3. The number of hydrogen-bond donors (Lipinski definition) is 2. The molecule has 0 heterocycles. The first kappa shape index (κ1) is 22.8. The van der Waals surface area contributed by atoms with E-state index in [1.807, 2.05) is 19.1 Å². The average molecular weight is 371 g/mol. The normalized spacial score (nSPS) is 20.2. The first-order valence-corrected chi connectivity index (χ1v) is 9.51. The molecule has 3 N–H and O–H groups in total. The van der Waals surface area contributed by atoms with E-state index in [1.165, 1.54) is 42.2 Å². The van der Waals surface area contributed by atoms with Gasteiger partial charge in [-0.25, -0.2) is 0 Å². The maximum absolute atomic E-state index is 11.0. The molecule has 0 spiro atoms. The molecule has 0 saturated heterocycles. The summed E-state index contributed by atoms with van der Waals surface area (Å²) in [7, 11) is 0. The molecule has 4 nitrogen and oxygen atoms in total. The summed E-state index contributed by atoms with van der Waals surface area (Å²) < 4.78 is 0. The molecule has 1 atom stereocenters. The molecule has 0 saturated carbocycles. The van der Waals surface area contributed by atoms with Gasteiger partial charge >= 0.3 is 0 Å². The average Bonchev–Trinajstić information content (AvgIpc) is 2.57. The van der Waals surface area contributed by atoms with Gasteiger partial charge in [-0.05, 0) is 62.7 Å². The minimum absolute atomic E-state index is 0.255. The maximum atomic E-state index is 11.0. The molecule has 1 rings (SSSR count). The van der Waals surface area contributed by atoms with Gasteiger partial charge in [-0.3, -0.25) is 9.79 Å². The van der Waals surface area contributed by atoms with E-state index in [-0.39, 0.29) is 12.0 Å². The Labute approximate surface area is 164 Å². The van der Waals surface area contributed by atoms with Gasteiger partial charge in [-0.1, -0.05) is 55.4 Å². The molecule has 1 aliphatic rings. The Kier molecular flexibility index (Phi) is 9.16. The topological polar surface area (TPSA) is 75.7 Å². The van der Waals surface area contributed by atoms with E-state index in [9.17, 15) is 4.79 Å². The SMILES string of the molecule is CC1=C(/C=C/C(C)=C/C=C/C(C)=C/C=N/[C@@H](CO)C(N)=O)C(C)(C)CCC1. The molecule has 0 aromatic carbocycles. The number of aliphatic imine (C=N–C) groups is 1. The van der Waals surface area contributed by atoms with Crippen LogP contribution in [-0.4, -0.2) is 29.9 Å². The third-order valence-electron chi connectivity index (χ3n) is 4.88. The minimum atomic E-state index is -0.882. The Morgan fingerprint density at radius 2 is 1.93 bits per heavy atom. The third kappa shape index (κ3) is 7.92. The molecule has 0 radical (unpaired) electrons. The zero-order chi connectivity index (χ0) is 20.4. The molecule has 0 unspecified atom stereocenters. The van der Waals surface area contributed by atoms with Gasteiger partial charge < -0.3 is 10.8 Å². The number of aliphatic hydroxyl groups excluding tert-OH is 1. The van der Waals surface area contributed by atoms with Crippen molar-refractivity contribution in [3.05, 3.63) is 58.7 Å². The summed E-state index contributed by atoms with van der Waals surface area (Å²) >= 11 is 0. The van der Waals surface area contributed by atoms with Crippen molar-refractivity contribution in [3.63, 3.8) is 0 Å². The second-order valence-corrected chi connectivity index (χ2v) is 7.84. The van der Waals surface area contributed by atoms with Crippen molar-refractivity contribution >= 4 is 12.1 Å². The highest BCUT2D eigenvalue weighted by Crippen LogP contribution is 2.40. The Balaban J connectivity index is 2.71. The van der Waals surface area contributed by atoms with Crippen molar-refractivity contribution in [2.45, 2.75) is 59.9 Å². The summed E-state index contributed by atoms with van der Waals surface area (Å²) in [4.78, 5) is 14.9. The molecule has 1 aliphatic carbocycles. The molecule has 148 valence electrons. The lowest BCUT2D eigenvalue weighted by molar-refractivity contribution is -0.119. The minimum Gasteiger partial charge on any atom is -0.394 e. The van der Waals surface area contributed by atoms with Crippen LogP contribution in [0.5, 0.6) is 0 Å². The van der Waals surface area contributed by atoms with Crippen LogP contribution in [0.3, 0.4) is 0 Å². The number of carbonyl (C=O) groups is 1. The number of primary amides is 1. The van der Waals surface area contributed by atoms with Crippen LogP contribution >= 0.6 is 0 Å².